The number of piperidine rings is 1. The number of aryl methyl sites for hydroxylation is 1. The van der Waals surface area contributed by atoms with E-state index in [-0.39, 0.29) is 23.9 Å². The molecule has 2 saturated heterocycles. The largest absolute Gasteiger partial charge is 0.370 e. The minimum absolute atomic E-state index is 0. The monoisotopic (exact) mass is 310 g/mol. The van der Waals surface area contributed by atoms with Crippen molar-refractivity contribution in [2.75, 3.05) is 32.8 Å². The summed E-state index contributed by atoms with van der Waals surface area (Å²) in [7, 11) is 0. The zero-order chi connectivity index (χ0) is 14.0. The predicted molar refractivity (Wildman–Crippen MR) is 85.1 cm³/mol. The van der Waals surface area contributed by atoms with E-state index in [4.69, 9.17) is 4.74 Å². The van der Waals surface area contributed by atoms with Gasteiger partial charge < -0.3 is 15.0 Å². The number of carbonyl (C=O) groups is 1. The number of carbonyl (C=O) groups excluding carboxylic acids is 1. The maximum atomic E-state index is 12.6. The zero-order valence-electron chi connectivity index (χ0n) is 12.4. The smallest absolute Gasteiger partial charge is 0.254 e. The maximum Gasteiger partial charge on any atom is 0.254 e. The second-order valence-corrected chi connectivity index (χ2v) is 5.90. The molecule has 2 heterocycles. The first-order chi connectivity index (χ1) is 9.69. The molecule has 4 nitrogen and oxygen atoms in total. The Labute approximate surface area is 132 Å². The molecular formula is C16H23ClN2O2. The zero-order valence-corrected chi connectivity index (χ0v) is 13.2. The molecule has 0 bridgehead atoms. The summed E-state index contributed by atoms with van der Waals surface area (Å²) in [5, 5.41) is 3.39. The van der Waals surface area contributed by atoms with Crippen LogP contribution >= 0.6 is 12.4 Å². The van der Waals surface area contributed by atoms with Gasteiger partial charge in [-0.1, -0.05) is 17.7 Å². The number of rotatable bonds is 1. The van der Waals surface area contributed by atoms with E-state index in [2.05, 4.69) is 5.32 Å². The van der Waals surface area contributed by atoms with E-state index >= 15 is 0 Å². The first kappa shape index (κ1) is 16.3. The number of amides is 1. The molecule has 0 aromatic heterocycles. The van der Waals surface area contributed by atoms with Crippen molar-refractivity contribution in [1.82, 2.24) is 10.2 Å². The third-order valence-electron chi connectivity index (χ3n) is 4.27. The summed E-state index contributed by atoms with van der Waals surface area (Å²) in [6.07, 6.45) is 2.16. The van der Waals surface area contributed by atoms with Crippen molar-refractivity contribution < 1.29 is 9.53 Å². The molecule has 116 valence electrons. The van der Waals surface area contributed by atoms with Crippen molar-refractivity contribution in [2.45, 2.75) is 25.4 Å². The Hall–Kier alpha value is -1.10. The van der Waals surface area contributed by atoms with Gasteiger partial charge in [-0.3, -0.25) is 4.79 Å². The lowest BCUT2D eigenvalue weighted by Crippen LogP contribution is -2.59. The van der Waals surface area contributed by atoms with E-state index in [9.17, 15) is 4.79 Å². The summed E-state index contributed by atoms with van der Waals surface area (Å²) >= 11 is 0. The highest BCUT2D eigenvalue weighted by molar-refractivity contribution is 5.94. The number of benzene rings is 1. The molecule has 0 saturated carbocycles. The normalized spacial score (nSPS) is 25.5. The van der Waals surface area contributed by atoms with E-state index in [1.165, 1.54) is 5.56 Å². The maximum absolute atomic E-state index is 12.6. The minimum Gasteiger partial charge on any atom is -0.370 e. The first-order valence-corrected chi connectivity index (χ1v) is 7.39. The van der Waals surface area contributed by atoms with Gasteiger partial charge in [0.05, 0.1) is 18.8 Å². The summed E-state index contributed by atoms with van der Waals surface area (Å²) < 4.78 is 5.99. The molecule has 5 heteroatoms. The number of halogens is 1. The lowest BCUT2D eigenvalue weighted by molar-refractivity contribution is -0.109. The summed E-state index contributed by atoms with van der Waals surface area (Å²) in [5.41, 5.74) is 1.78. The standard InChI is InChI=1S/C16H22N2O2.ClH/c1-13-3-5-14(6-4-13)15(19)18-9-10-20-16(12-18)7-2-8-17-11-16;/h3-6,17H,2,7-12H2,1H3;1H. The highest BCUT2D eigenvalue weighted by Gasteiger charge is 2.39. The molecular weight excluding hydrogens is 288 g/mol. The van der Waals surface area contributed by atoms with Crippen molar-refractivity contribution in [2.24, 2.45) is 0 Å². The van der Waals surface area contributed by atoms with Gasteiger partial charge in [0, 0.05) is 18.7 Å². The molecule has 21 heavy (non-hydrogen) atoms. The molecule has 1 aromatic rings. The van der Waals surface area contributed by atoms with Crippen LogP contribution < -0.4 is 5.32 Å². The van der Waals surface area contributed by atoms with E-state index in [1.807, 2.05) is 36.1 Å². The third kappa shape index (κ3) is 3.57. The quantitative estimate of drug-likeness (QED) is 0.863. The first-order valence-electron chi connectivity index (χ1n) is 7.39. The van der Waals surface area contributed by atoms with Gasteiger partial charge in [0.25, 0.3) is 5.91 Å². The van der Waals surface area contributed by atoms with Gasteiger partial charge in [0.1, 0.15) is 0 Å². The van der Waals surface area contributed by atoms with Crippen LogP contribution in [0.3, 0.4) is 0 Å². The Balaban J connectivity index is 0.00000161. The van der Waals surface area contributed by atoms with Crippen molar-refractivity contribution in [3.8, 4) is 0 Å². The van der Waals surface area contributed by atoms with Gasteiger partial charge in [-0.25, -0.2) is 0 Å². The van der Waals surface area contributed by atoms with Gasteiger partial charge in [-0.05, 0) is 38.4 Å². The van der Waals surface area contributed by atoms with Crippen LogP contribution in [0.25, 0.3) is 0 Å². The fourth-order valence-electron chi connectivity index (χ4n) is 3.10. The molecule has 0 radical (unpaired) electrons. The van der Waals surface area contributed by atoms with E-state index in [1.54, 1.807) is 0 Å². The van der Waals surface area contributed by atoms with Crippen LogP contribution in [0, 0.1) is 6.92 Å². The number of nitrogens with one attached hydrogen (secondary N) is 1. The van der Waals surface area contributed by atoms with Gasteiger partial charge >= 0.3 is 0 Å². The molecule has 3 rings (SSSR count). The second kappa shape index (κ2) is 6.77. The fourth-order valence-corrected chi connectivity index (χ4v) is 3.10. The van der Waals surface area contributed by atoms with Crippen LogP contribution in [-0.4, -0.2) is 49.2 Å². The Kier molecular flexibility index (Phi) is 5.25. The van der Waals surface area contributed by atoms with Crippen LogP contribution in [0.15, 0.2) is 24.3 Å². The molecule has 1 aromatic carbocycles. The van der Waals surface area contributed by atoms with Crippen LogP contribution in [-0.2, 0) is 4.74 Å². The lowest BCUT2D eigenvalue weighted by atomic mass is 9.91. The van der Waals surface area contributed by atoms with E-state index < -0.39 is 0 Å². The third-order valence-corrected chi connectivity index (χ3v) is 4.27. The van der Waals surface area contributed by atoms with Crippen LogP contribution in [0.5, 0.6) is 0 Å². The lowest BCUT2D eigenvalue weighted by Gasteiger charge is -2.45. The van der Waals surface area contributed by atoms with Crippen molar-refractivity contribution in [1.29, 1.82) is 0 Å². The molecule has 1 amide bonds. The number of hydrogen-bond donors (Lipinski definition) is 1. The SMILES string of the molecule is Cc1ccc(C(=O)N2CCOC3(CCCNC3)C2)cc1.Cl. The molecule has 1 unspecified atom stereocenters. The van der Waals surface area contributed by atoms with Gasteiger partial charge in [-0.15, -0.1) is 12.4 Å². The number of ether oxygens (including phenoxy) is 1. The van der Waals surface area contributed by atoms with E-state index in [0.29, 0.717) is 19.7 Å². The molecule has 2 aliphatic rings. The predicted octanol–water partition coefficient (Wildman–Crippen LogP) is 2.01. The summed E-state index contributed by atoms with van der Waals surface area (Å²) in [6, 6.07) is 7.81. The van der Waals surface area contributed by atoms with E-state index in [0.717, 1.165) is 31.5 Å². The fraction of sp³-hybridized carbons (Fsp3) is 0.562. The van der Waals surface area contributed by atoms with Gasteiger partial charge in [0.2, 0.25) is 0 Å². The molecule has 1 N–H and O–H groups in total. The van der Waals surface area contributed by atoms with Crippen LogP contribution in [0.4, 0.5) is 0 Å². The van der Waals surface area contributed by atoms with Crippen molar-refractivity contribution in [3.63, 3.8) is 0 Å². The topological polar surface area (TPSA) is 41.6 Å². The number of hydrogen-bond acceptors (Lipinski definition) is 3. The van der Waals surface area contributed by atoms with Crippen molar-refractivity contribution in [3.05, 3.63) is 35.4 Å². The Bertz CT molecular complexity index is 478. The highest BCUT2D eigenvalue weighted by atomic mass is 35.5. The van der Waals surface area contributed by atoms with Gasteiger partial charge in [-0.2, -0.15) is 0 Å². The van der Waals surface area contributed by atoms with Crippen molar-refractivity contribution >= 4 is 18.3 Å². The number of nitrogens with zero attached hydrogens (tertiary/aromatic N) is 1. The minimum atomic E-state index is -0.170. The van der Waals surface area contributed by atoms with Gasteiger partial charge in [0.15, 0.2) is 0 Å². The van der Waals surface area contributed by atoms with Crippen LogP contribution in [0.2, 0.25) is 0 Å². The molecule has 2 aliphatic heterocycles. The highest BCUT2D eigenvalue weighted by Crippen LogP contribution is 2.26. The summed E-state index contributed by atoms with van der Waals surface area (Å²) in [6.45, 7) is 5.97. The molecule has 1 spiro atoms. The average molecular weight is 311 g/mol. The molecule has 1 atom stereocenters. The Morgan fingerprint density at radius 3 is 2.76 bits per heavy atom. The second-order valence-electron chi connectivity index (χ2n) is 5.90. The number of morpholine rings is 1. The molecule has 2 fully saturated rings. The Morgan fingerprint density at radius 2 is 2.10 bits per heavy atom. The molecule has 0 aliphatic carbocycles. The summed E-state index contributed by atoms with van der Waals surface area (Å²) in [4.78, 5) is 14.5. The Morgan fingerprint density at radius 1 is 1.33 bits per heavy atom. The average Bonchev–Trinajstić information content (AvgIpc) is 2.48. The van der Waals surface area contributed by atoms with Crippen LogP contribution in [0.1, 0.15) is 28.8 Å². The summed E-state index contributed by atoms with van der Waals surface area (Å²) in [5.74, 6) is 0.123.